The van der Waals surface area contributed by atoms with Gasteiger partial charge < -0.3 is 24.2 Å². The minimum atomic E-state index is -0.219. The summed E-state index contributed by atoms with van der Waals surface area (Å²) in [5.41, 5.74) is 7.69. The Morgan fingerprint density at radius 3 is 2.38 bits per heavy atom. The van der Waals surface area contributed by atoms with Gasteiger partial charge in [-0.05, 0) is 74.5 Å². The fourth-order valence-electron chi connectivity index (χ4n) is 6.02. The second-order valence-electron chi connectivity index (χ2n) is 11.1. The molecular formula is C30H38N4O3. The van der Waals surface area contributed by atoms with Crippen molar-refractivity contribution in [1.29, 1.82) is 0 Å². The molecule has 2 aromatic rings. The number of pyridine rings is 1. The van der Waals surface area contributed by atoms with Crippen LogP contribution in [-0.2, 0) is 15.9 Å². The highest BCUT2D eigenvalue weighted by atomic mass is 16.6. The summed E-state index contributed by atoms with van der Waals surface area (Å²) < 4.78 is 10.6. The largest absolute Gasteiger partial charge is 0.441 e. The van der Waals surface area contributed by atoms with E-state index >= 15 is 0 Å². The number of hydrogen-bond donors (Lipinski definition) is 0. The first kappa shape index (κ1) is 24.4. The molecule has 196 valence electrons. The van der Waals surface area contributed by atoms with Crippen LogP contribution in [0.15, 0.2) is 36.5 Å². The van der Waals surface area contributed by atoms with Gasteiger partial charge in [-0.15, -0.1) is 0 Å². The van der Waals surface area contributed by atoms with E-state index in [1.807, 2.05) is 11.1 Å². The molecule has 3 fully saturated rings. The van der Waals surface area contributed by atoms with Crippen LogP contribution >= 0.6 is 0 Å². The maximum Gasteiger partial charge on any atom is 0.410 e. The van der Waals surface area contributed by atoms with Crippen molar-refractivity contribution in [3.63, 3.8) is 0 Å². The van der Waals surface area contributed by atoms with E-state index in [4.69, 9.17) is 14.5 Å². The Morgan fingerprint density at radius 1 is 1.00 bits per heavy atom. The third kappa shape index (κ3) is 5.12. The molecule has 6 rings (SSSR count). The lowest BCUT2D eigenvalue weighted by molar-refractivity contribution is -0.104. The number of carbonyl (C=O) groups excluding carboxylic acids is 1. The summed E-state index contributed by atoms with van der Waals surface area (Å²) in [6, 6.07) is 12.1. The molecule has 1 aromatic carbocycles. The highest BCUT2D eigenvalue weighted by molar-refractivity contribution is 5.92. The molecule has 1 aromatic heterocycles. The summed E-state index contributed by atoms with van der Waals surface area (Å²) in [7, 11) is 0. The number of nitrogens with zero attached hydrogens (tertiary/aromatic N) is 4. The van der Waals surface area contributed by atoms with E-state index in [0.717, 1.165) is 25.2 Å². The Hall–Kier alpha value is -2.90. The number of rotatable bonds is 5. The van der Waals surface area contributed by atoms with E-state index in [1.165, 1.54) is 53.9 Å². The molecule has 0 saturated carbocycles. The van der Waals surface area contributed by atoms with Gasteiger partial charge in [0.15, 0.2) is 6.10 Å². The summed E-state index contributed by atoms with van der Waals surface area (Å²) in [6.07, 6.45) is 7.32. The van der Waals surface area contributed by atoms with Crippen molar-refractivity contribution in [2.45, 2.75) is 51.2 Å². The molecule has 7 heteroatoms. The number of amides is 1. The molecule has 7 nitrogen and oxygen atoms in total. The van der Waals surface area contributed by atoms with Crippen LogP contribution in [0.5, 0.6) is 0 Å². The van der Waals surface area contributed by atoms with Crippen molar-refractivity contribution in [1.82, 2.24) is 14.8 Å². The molecule has 0 radical (unpaired) electrons. The summed E-state index contributed by atoms with van der Waals surface area (Å²) >= 11 is 0. The lowest BCUT2D eigenvalue weighted by atomic mass is 9.88. The topological polar surface area (TPSA) is 58.1 Å². The molecule has 4 aliphatic rings. The van der Waals surface area contributed by atoms with Crippen LogP contribution in [0.1, 0.15) is 55.0 Å². The zero-order chi connectivity index (χ0) is 25.4. The molecule has 0 N–H and O–H groups in total. The average Bonchev–Trinajstić information content (AvgIpc) is 3.35. The number of aromatic nitrogens is 1. The summed E-state index contributed by atoms with van der Waals surface area (Å²) in [5, 5.41) is 0. The molecule has 0 bridgehead atoms. The third-order valence-electron chi connectivity index (χ3n) is 8.49. The summed E-state index contributed by atoms with van der Waals surface area (Å²) in [4.78, 5) is 23.9. The van der Waals surface area contributed by atoms with Gasteiger partial charge in [0.2, 0.25) is 0 Å². The Morgan fingerprint density at radius 2 is 1.73 bits per heavy atom. The number of allylic oxidation sites excluding steroid dienone is 1. The average molecular weight is 503 g/mol. The second-order valence-corrected chi connectivity index (χ2v) is 11.1. The van der Waals surface area contributed by atoms with Gasteiger partial charge in [0.1, 0.15) is 0 Å². The van der Waals surface area contributed by atoms with Crippen LogP contribution in [0.25, 0.3) is 11.6 Å². The molecule has 0 atom stereocenters. The van der Waals surface area contributed by atoms with Crippen LogP contribution in [0.4, 0.5) is 10.5 Å². The van der Waals surface area contributed by atoms with E-state index in [2.05, 4.69) is 60.1 Å². The van der Waals surface area contributed by atoms with Crippen LogP contribution in [0.3, 0.4) is 0 Å². The Kier molecular flexibility index (Phi) is 6.91. The van der Waals surface area contributed by atoms with E-state index in [9.17, 15) is 4.79 Å². The smallest absolute Gasteiger partial charge is 0.410 e. The number of hydrogen-bond acceptors (Lipinski definition) is 6. The first-order valence-electron chi connectivity index (χ1n) is 13.9. The fourth-order valence-corrected chi connectivity index (χ4v) is 6.02. The van der Waals surface area contributed by atoms with Crippen molar-refractivity contribution in [2.75, 3.05) is 57.4 Å². The molecule has 4 heterocycles. The van der Waals surface area contributed by atoms with Gasteiger partial charge in [0.25, 0.3) is 0 Å². The van der Waals surface area contributed by atoms with Gasteiger partial charge in [-0.3, -0.25) is 4.98 Å². The van der Waals surface area contributed by atoms with E-state index in [0.29, 0.717) is 38.3 Å². The van der Waals surface area contributed by atoms with Crippen LogP contribution in [0.2, 0.25) is 0 Å². The number of fused-ring (bicyclic) bond motifs is 1. The van der Waals surface area contributed by atoms with Crippen molar-refractivity contribution in [3.05, 3.63) is 58.9 Å². The Bertz CT molecular complexity index is 1140. The molecule has 37 heavy (non-hydrogen) atoms. The molecule has 1 aliphatic carbocycles. The van der Waals surface area contributed by atoms with Crippen molar-refractivity contribution in [3.8, 4) is 0 Å². The van der Waals surface area contributed by atoms with Crippen molar-refractivity contribution >= 4 is 23.4 Å². The summed E-state index contributed by atoms with van der Waals surface area (Å²) in [5.74, 6) is 0.671. The molecule has 3 aliphatic heterocycles. The highest BCUT2D eigenvalue weighted by Crippen LogP contribution is 2.37. The van der Waals surface area contributed by atoms with Crippen molar-refractivity contribution < 1.29 is 14.3 Å². The van der Waals surface area contributed by atoms with Gasteiger partial charge in [0.05, 0.1) is 18.9 Å². The summed E-state index contributed by atoms with van der Waals surface area (Å²) in [6.45, 7) is 10.9. The zero-order valence-corrected chi connectivity index (χ0v) is 22.1. The van der Waals surface area contributed by atoms with Crippen molar-refractivity contribution in [2.24, 2.45) is 0 Å². The van der Waals surface area contributed by atoms with E-state index in [-0.39, 0.29) is 12.2 Å². The number of piperidine rings is 1. The predicted molar refractivity (Wildman–Crippen MR) is 146 cm³/mol. The molecule has 0 spiro atoms. The SMILES string of the molecule is CC(C)N1CCC(c2ccc(C3=Cc4c(N5CCN(C(=O)OC6COC6)CC5)ccnc4C3)cc2)CC1. The maximum absolute atomic E-state index is 12.4. The van der Waals surface area contributed by atoms with E-state index in [1.54, 1.807) is 0 Å². The minimum absolute atomic E-state index is 0.0791. The Labute approximate surface area is 220 Å². The fraction of sp³-hybridized carbons (Fsp3) is 0.533. The molecule has 3 saturated heterocycles. The number of likely N-dealkylation sites (tertiary alicyclic amines) is 1. The maximum atomic E-state index is 12.4. The highest BCUT2D eigenvalue weighted by Gasteiger charge is 2.30. The van der Waals surface area contributed by atoms with Crippen LogP contribution in [-0.4, -0.2) is 85.5 Å². The van der Waals surface area contributed by atoms with Gasteiger partial charge in [-0.2, -0.15) is 0 Å². The minimum Gasteiger partial charge on any atom is -0.441 e. The molecule has 0 unspecified atom stereocenters. The first-order chi connectivity index (χ1) is 18.0. The van der Waals surface area contributed by atoms with Crippen LogP contribution in [0, 0.1) is 0 Å². The lowest BCUT2D eigenvalue weighted by Crippen LogP contribution is -2.51. The number of carbonyl (C=O) groups is 1. The quantitative estimate of drug-likeness (QED) is 0.603. The number of ether oxygens (including phenoxy) is 2. The van der Waals surface area contributed by atoms with Crippen LogP contribution < -0.4 is 4.90 Å². The van der Waals surface area contributed by atoms with E-state index < -0.39 is 0 Å². The van der Waals surface area contributed by atoms with Gasteiger partial charge in [0, 0.05) is 56.1 Å². The van der Waals surface area contributed by atoms with Gasteiger partial charge >= 0.3 is 6.09 Å². The predicted octanol–water partition coefficient (Wildman–Crippen LogP) is 4.42. The molecular weight excluding hydrogens is 464 g/mol. The lowest BCUT2D eigenvalue weighted by Gasteiger charge is -2.37. The Balaban J connectivity index is 1.10. The third-order valence-corrected chi connectivity index (χ3v) is 8.49. The normalized spacial score (nSPS) is 21.1. The van der Waals surface area contributed by atoms with Gasteiger partial charge in [-0.25, -0.2) is 4.79 Å². The monoisotopic (exact) mass is 502 g/mol. The standard InChI is InChI=1S/C30H38N4O3/c1-21(2)32-11-8-24(9-12-32)22-3-5-23(6-4-22)25-17-27-28(18-25)31-10-7-29(27)33-13-15-34(16-14-33)30(35)37-26-19-36-20-26/h3-7,10,17,21,24,26H,8-9,11-16,18-20H2,1-2H3. The number of anilines is 1. The number of benzene rings is 1. The first-order valence-corrected chi connectivity index (χ1v) is 13.9. The second kappa shape index (κ2) is 10.5. The zero-order valence-electron chi connectivity index (χ0n) is 22.1. The van der Waals surface area contributed by atoms with Gasteiger partial charge in [-0.1, -0.05) is 24.3 Å². The number of piperazine rings is 1. The molecule has 1 amide bonds.